The second-order valence-corrected chi connectivity index (χ2v) is 6.02. The third-order valence-corrected chi connectivity index (χ3v) is 4.45. The van der Waals surface area contributed by atoms with Crippen molar-refractivity contribution in [2.45, 2.75) is 19.0 Å². The van der Waals surface area contributed by atoms with E-state index < -0.39 is 0 Å². The summed E-state index contributed by atoms with van der Waals surface area (Å²) in [6.07, 6.45) is 1.51. The number of rotatable bonds is 4. The Kier molecular flexibility index (Phi) is 4.26. The first-order valence-corrected chi connectivity index (χ1v) is 8.33. The zero-order valence-electron chi connectivity index (χ0n) is 13.7. The van der Waals surface area contributed by atoms with E-state index in [0.717, 1.165) is 17.8 Å². The zero-order chi connectivity index (χ0) is 17.1. The SMILES string of the molecule is O=C(NCc1ncnn1-c1ccccc1)C1CNCc2ccccc21. The van der Waals surface area contributed by atoms with Crippen molar-refractivity contribution in [3.8, 4) is 5.69 Å². The molecule has 1 aliphatic heterocycles. The number of benzene rings is 2. The Hall–Kier alpha value is -2.99. The molecule has 1 amide bonds. The summed E-state index contributed by atoms with van der Waals surface area (Å²) in [7, 11) is 0. The molecule has 0 radical (unpaired) electrons. The maximum absolute atomic E-state index is 12.7. The zero-order valence-corrected chi connectivity index (χ0v) is 13.7. The minimum Gasteiger partial charge on any atom is -0.348 e. The van der Waals surface area contributed by atoms with Crippen LogP contribution in [-0.2, 0) is 17.9 Å². The Morgan fingerprint density at radius 2 is 1.96 bits per heavy atom. The molecule has 0 fully saturated rings. The van der Waals surface area contributed by atoms with Crippen molar-refractivity contribution >= 4 is 5.91 Å². The molecule has 0 spiro atoms. The van der Waals surface area contributed by atoms with Crippen molar-refractivity contribution in [2.75, 3.05) is 6.54 Å². The van der Waals surface area contributed by atoms with Crippen LogP contribution in [0.2, 0.25) is 0 Å². The molecule has 3 aromatic rings. The van der Waals surface area contributed by atoms with Gasteiger partial charge in [-0.1, -0.05) is 42.5 Å². The third-order valence-electron chi connectivity index (χ3n) is 4.45. The lowest BCUT2D eigenvalue weighted by Crippen LogP contribution is -2.39. The van der Waals surface area contributed by atoms with Gasteiger partial charge in [0.15, 0.2) is 5.82 Å². The maximum Gasteiger partial charge on any atom is 0.229 e. The molecule has 2 heterocycles. The van der Waals surface area contributed by atoms with Gasteiger partial charge in [0.25, 0.3) is 0 Å². The van der Waals surface area contributed by atoms with Crippen LogP contribution in [0.4, 0.5) is 0 Å². The molecule has 0 saturated carbocycles. The van der Waals surface area contributed by atoms with Gasteiger partial charge in [0.2, 0.25) is 5.91 Å². The van der Waals surface area contributed by atoms with E-state index in [1.165, 1.54) is 11.9 Å². The summed E-state index contributed by atoms with van der Waals surface area (Å²) >= 11 is 0. The highest BCUT2D eigenvalue weighted by atomic mass is 16.1. The molecule has 2 N–H and O–H groups in total. The van der Waals surface area contributed by atoms with Crippen LogP contribution in [0.5, 0.6) is 0 Å². The van der Waals surface area contributed by atoms with Gasteiger partial charge in [-0.25, -0.2) is 9.67 Å². The molecule has 0 saturated heterocycles. The van der Waals surface area contributed by atoms with E-state index in [1.54, 1.807) is 4.68 Å². The van der Waals surface area contributed by atoms with Crippen LogP contribution in [0.15, 0.2) is 60.9 Å². The number of nitrogens with one attached hydrogen (secondary N) is 2. The van der Waals surface area contributed by atoms with Crippen molar-refractivity contribution < 1.29 is 4.79 Å². The van der Waals surface area contributed by atoms with Gasteiger partial charge in [-0.3, -0.25) is 4.79 Å². The van der Waals surface area contributed by atoms with Gasteiger partial charge >= 0.3 is 0 Å². The topological polar surface area (TPSA) is 71.8 Å². The molecular formula is C19H19N5O. The van der Waals surface area contributed by atoms with Gasteiger partial charge in [-0.05, 0) is 23.3 Å². The molecule has 2 aromatic carbocycles. The second kappa shape index (κ2) is 6.86. The van der Waals surface area contributed by atoms with Gasteiger partial charge in [-0.15, -0.1) is 0 Å². The first-order chi connectivity index (χ1) is 12.3. The Morgan fingerprint density at radius 3 is 2.84 bits per heavy atom. The van der Waals surface area contributed by atoms with Crippen LogP contribution in [0.1, 0.15) is 22.9 Å². The van der Waals surface area contributed by atoms with Gasteiger partial charge in [0, 0.05) is 13.1 Å². The molecule has 1 atom stereocenters. The lowest BCUT2D eigenvalue weighted by Gasteiger charge is -2.25. The molecule has 1 aliphatic rings. The molecule has 0 aliphatic carbocycles. The summed E-state index contributed by atoms with van der Waals surface area (Å²) in [6, 6.07) is 17.9. The molecule has 126 valence electrons. The summed E-state index contributed by atoms with van der Waals surface area (Å²) in [5.74, 6) is 0.525. The third kappa shape index (κ3) is 3.16. The minimum absolute atomic E-state index is 0.00209. The molecule has 1 aromatic heterocycles. The van der Waals surface area contributed by atoms with Crippen molar-refractivity contribution in [2.24, 2.45) is 0 Å². The smallest absolute Gasteiger partial charge is 0.229 e. The molecule has 0 bridgehead atoms. The maximum atomic E-state index is 12.7. The van der Waals surface area contributed by atoms with Crippen LogP contribution in [0.3, 0.4) is 0 Å². The lowest BCUT2D eigenvalue weighted by molar-refractivity contribution is -0.122. The van der Waals surface area contributed by atoms with Crippen molar-refractivity contribution in [1.29, 1.82) is 0 Å². The Labute approximate surface area is 145 Å². The van der Waals surface area contributed by atoms with Crippen LogP contribution >= 0.6 is 0 Å². The quantitative estimate of drug-likeness (QED) is 0.763. The number of carbonyl (C=O) groups is 1. The number of aromatic nitrogens is 3. The highest BCUT2D eigenvalue weighted by molar-refractivity contribution is 5.84. The molecule has 6 nitrogen and oxygen atoms in total. The fourth-order valence-electron chi connectivity index (χ4n) is 3.19. The predicted octanol–water partition coefficient (Wildman–Crippen LogP) is 1.77. The van der Waals surface area contributed by atoms with E-state index in [2.05, 4.69) is 26.8 Å². The number of fused-ring (bicyclic) bond motifs is 1. The number of hydrogen-bond acceptors (Lipinski definition) is 4. The molecule has 4 rings (SSSR count). The summed E-state index contributed by atoms with van der Waals surface area (Å²) < 4.78 is 1.74. The number of carbonyl (C=O) groups excluding carboxylic acids is 1. The van der Waals surface area contributed by atoms with E-state index in [9.17, 15) is 4.79 Å². The normalized spacial score (nSPS) is 16.2. The van der Waals surface area contributed by atoms with Crippen LogP contribution in [0, 0.1) is 0 Å². The largest absolute Gasteiger partial charge is 0.348 e. The minimum atomic E-state index is -0.182. The van der Waals surface area contributed by atoms with Crippen molar-refractivity contribution in [3.63, 3.8) is 0 Å². The average molecular weight is 333 g/mol. The Balaban J connectivity index is 1.48. The van der Waals surface area contributed by atoms with E-state index in [-0.39, 0.29) is 11.8 Å². The number of hydrogen-bond donors (Lipinski definition) is 2. The van der Waals surface area contributed by atoms with E-state index in [0.29, 0.717) is 18.9 Å². The van der Waals surface area contributed by atoms with Crippen LogP contribution in [-0.4, -0.2) is 27.2 Å². The first-order valence-electron chi connectivity index (χ1n) is 8.33. The number of para-hydroxylation sites is 1. The van der Waals surface area contributed by atoms with Crippen molar-refractivity contribution in [3.05, 3.63) is 77.9 Å². The van der Waals surface area contributed by atoms with Crippen LogP contribution < -0.4 is 10.6 Å². The first kappa shape index (κ1) is 15.5. The molecule has 6 heteroatoms. The second-order valence-electron chi connectivity index (χ2n) is 6.02. The highest BCUT2D eigenvalue weighted by Crippen LogP contribution is 2.23. The standard InChI is InChI=1S/C19H19N5O/c25-19(17-11-20-10-14-6-4-5-9-16(14)17)21-12-18-22-13-23-24(18)15-7-2-1-3-8-15/h1-9,13,17,20H,10-12H2,(H,21,25). The van der Waals surface area contributed by atoms with E-state index in [4.69, 9.17) is 0 Å². The van der Waals surface area contributed by atoms with Gasteiger partial charge in [0.05, 0.1) is 18.2 Å². The summed E-state index contributed by atoms with van der Waals surface area (Å²) in [5, 5.41) is 10.6. The fraction of sp³-hybridized carbons (Fsp3) is 0.211. The fourth-order valence-corrected chi connectivity index (χ4v) is 3.19. The van der Waals surface area contributed by atoms with Crippen LogP contribution in [0.25, 0.3) is 5.69 Å². The summed E-state index contributed by atoms with van der Waals surface area (Å²) in [4.78, 5) is 17.0. The monoisotopic (exact) mass is 333 g/mol. The lowest BCUT2D eigenvalue weighted by atomic mass is 9.90. The van der Waals surface area contributed by atoms with Gasteiger partial charge in [0.1, 0.15) is 6.33 Å². The molecule has 25 heavy (non-hydrogen) atoms. The molecular weight excluding hydrogens is 314 g/mol. The predicted molar refractivity (Wildman–Crippen MR) is 94.1 cm³/mol. The van der Waals surface area contributed by atoms with Crippen molar-refractivity contribution in [1.82, 2.24) is 25.4 Å². The number of amides is 1. The summed E-state index contributed by atoms with van der Waals surface area (Å²) in [5.41, 5.74) is 3.21. The Morgan fingerprint density at radius 1 is 1.16 bits per heavy atom. The highest BCUT2D eigenvalue weighted by Gasteiger charge is 2.26. The summed E-state index contributed by atoms with van der Waals surface area (Å²) in [6.45, 7) is 1.79. The van der Waals surface area contributed by atoms with Gasteiger partial charge < -0.3 is 10.6 Å². The Bertz CT molecular complexity index is 874. The average Bonchev–Trinajstić information content (AvgIpc) is 3.15. The van der Waals surface area contributed by atoms with E-state index >= 15 is 0 Å². The van der Waals surface area contributed by atoms with Gasteiger partial charge in [-0.2, -0.15) is 5.10 Å². The molecule has 1 unspecified atom stereocenters. The van der Waals surface area contributed by atoms with E-state index in [1.807, 2.05) is 48.5 Å². The number of nitrogens with zero attached hydrogens (tertiary/aromatic N) is 3.